The second-order valence-electron chi connectivity index (χ2n) is 9.63. The van der Waals surface area contributed by atoms with Crippen LogP contribution in [0.2, 0.25) is 0 Å². The number of carbonyl (C=O) groups is 1. The largest absolute Gasteiger partial charge is 0.300 e. The topological polar surface area (TPSA) is 78.0 Å². The van der Waals surface area contributed by atoms with Crippen LogP contribution in [0.4, 0.5) is 0 Å². The van der Waals surface area contributed by atoms with E-state index in [1.54, 1.807) is 0 Å². The van der Waals surface area contributed by atoms with Gasteiger partial charge in [-0.05, 0) is 49.4 Å². The minimum atomic E-state index is -0.0391. The summed E-state index contributed by atoms with van der Waals surface area (Å²) in [5.74, 6) is 1.08. The maximum absolute atomic E-state index is 11.6. The van der Waals surface area contributed by atoms with Crippen LogP contribution in [-0.2, 0) is 10.2 Å². The number of Topliss-reactive ketones (excluding diaryl/α,β-unsaturated/α-hetero) is 1. The van der Waals surface area contributed by atoms with E-state index in [0.717, 1.165) is 47.7 Å². The van der Waals surface area contributed by atoms with Crippen molar-refractivity contribution in [3.8, 4) is 11.1 Å². The predicted octanol–water partition coefficient (Wildman–Crippen LogP) is 4.91. The van der Waals surface area contributed by atoms with Crippen molar-refractivity contribution in [1.29, 1.82) is 0 Å². The number of imidazole rings is 1. The summed E-state index contributed by atoms with van der Waals surface area (Å²) >= 11 is 0. The molecule has 2 saturated carbocycles. The second-order valence-corrected chi connectivity index (χ2v) is 9.63. The molecule has 0 unspecified atom stereocenters. The molecule has 0 radical (unpaired) electrons. The van der Waals surface area contributed by atoms with Crippen molar-refractivity contribution in [2.75, 3.05) is 0 Å². The molecular formula is C27H24N6O. The molecule has 1 aromatic carbocycles. The van der Waals surface area contributed by atoms with Crippen molar-refractivity contribution in [2.24, 2.45) is 0 Å². The first-order valence-electron chi connectivity index (χ1n) is 11.9. The van der Waals surface area contributed by atoms with Gasteiger partial charge in [0.05, 0.1) is 29.6 Å². The van der Waals surface area contributed by atoms with E-state index in [9.17, 15) is 4.79 Å². The lowest BCUT2D eigenvalue weighted by atomic mass is 9.91. The summed E-state index contributed by atoms with van der Waals surface area (Å²) in [6, 6.07) is 11.0. The Balaban J connectivity index is 1.26. The molecule has 0 aliphatic heterocycles. The van der Waals surface area contributed by atoms with E-state index in [1.807, 2.05) is 35.5 Å². The van der Waals surface area contributed by atoms with Crippen molar-refractivity contribution in [3.63, 3.8) is 0 Å². The Morgan fingerprint density at radius 1 is 0.912 bits per heavy atom. The molecule has 7 rings (SSSR count). The van der Waals surface area contributed by atoms with Gasteiger partial charge in [0.2, 0.25) is 5.78 Å². The monoisotopic (exact) mass is 448 g/mol. The molecule has 7 heteroatoms. The first-order chi connectivity index (χ1) is 16.7. The lowest BCUT2D eigenvalue weighted by Crippen LogP contribution is -2.18. The number of nitrogens with zero attached hydrogens (tertiary/aromatic N) is 6. The zero-order chi connectivity index (χ0) is 22.7. The quantitative estimate of drug-likeness (QED) is 0.391. The van der Waals surface area contributed by atoms with Gasteiger partial charge in [-0.2, -0.15) is 5.10 Å². The van der Waals surface area contributed by atoms with Crippen LogP contribution in [0.1, 0.15) is 55.8 Å². The molecule has 5 aromatic rings. The van der Waals surface area contributed by atoms with Gasteiger partial charge in [0.1, 0.15) is 5.78 Å². The van der Waals surface area contributed by atoms with E-state index in [0.29, 0.717) is 30.4 Å². The van der Waals surface area contributed by atoms with Crippen LogP contribution in [0.15, 0.2) is 67.5 Å². The van der Waals surface area contributed by atoms with Crippen molar-refractivity contribution < 1.29 is 4.79 Å². The Kier molecular flexibility index (Phi) is 4.21. The minimum Gasteiger partial charge on any atom is -0.300 e. The van der Waals surface area contributed by atoms with Gasteiger partial charge in [0.25, 0.3) is 0 Å². The maximum Gasteiger partial charge on any atom is 0.233 e. The molecule has 4 heterocycles. The predicted molar refractivity (Wildman–Crippen MR) is 128 cm³/mol. The first kappa shape index (κ1) is 19.6. The van der Waals surface area contributed by atoms with E-state index < -0.39 is 0 Å². The molecule has 2 aliphatic carbocycles. The molecule has 7 nitrogen and oxygen atoms in total. The minimum absolute atomic E-state index is 0.0391. The molecule has 0 saturated heterocycles. The van der Waals surface area contributed by atoms with E-state index >= 15 is 0 Å². The summed E-state index contributed by atoms with van der Waals surface area (Å²) in [6.45, 7) is 0. The number of pyridine rings is 1. The number of rotatable bonds is 4. The summed E-state index contributed by atoms with van der Waals surface area (Å²) in [7, 11) is 0. The number of ketones is 1. The zero-order valence-corrected chi connectivity index (χ0v) is 18.8. The molecular weight excluding hydrogens is 424 g/mol. The van der Waals surface area contributed by atoms with Crippen molar-refractivity contribution >= 4 is 22.5 Å². The SMILES string of the molecule is O=C1CCC(n2cc(-c3cnc4ncc(C5(c6ccc7ncccc7c6)CC5)n4c3)cn2)CC1. The van der Waals surface area contributed by atoms with Crippen molar-refractivity contribution in [1.82, 2.24) is 29.1 Å². The molecule has 2 fully saturated rings. The Labute approximate surface area is 196 Å². The normalized spacial score (nSPS) is 18.1. The molecule has 0 amide bonds. The van der Waals surface area contributed by atoms with Gasteiger partial charge >= 0.3 is 0 Å². The van der Waals surface area contributed by atoms with Crippen LogP contribution in [-0.4, -0.2) is 34.9 Å². The Morgan fingerprint density at radius 2 is 1.74 bits per heavy atom. The van der Waals surface area contributed by atoms with Gasteiger partial charge in [0, 0.05) is 59.6 Å². The summed E-state index contributed by atoms with van der Waals surface area (Å²) in [5.41, 5.74) is 5.51. The molecule has 2 aliphatic rings. The summed E-state index contributed by atoms with van der Waals surface area (Å²) in [4.78, 5) is 25.3. The fourth-order valence-electron chi connectivity index (χ4n) is 5.44. The number of aromatic nitrogens is 6. The van der Waals surface area contributed by atoms with E-state index in [-0.39, 0.29) is 5.41 Å². The van der Waals surface area contributed by atoms with E-state index in [4.69, 9.17) is 0 Å². The molecule has 0 spiro atoms. The standard InChI is InChI=1S/C27H24N6O/c34-23-6-4-22(5-7-23)33-17-20(14-31-33)19-13-29-26-30-15-25(32(26)16-19)27(9-10-27)21-3-8-24-18(12-21)2-1-11-28-24/h1-3,8,11-17,22H,4-7,9-10H2. The van der Waals surface area contributed by atoms with Gasteiger partial charge in [-0.25, -0.2) is 9.97 Å². The van der Waals surface area contributed by atoms with Crippen molar-refractivity contribution in [2.45, 2.75) is 50.0 Å². The fraction of sp³-hybridized carbons (Fsp3) is 0.296. The van der Waals surface area contributed by atoms with E-state index in [2.05, 4.69) is 61.1 Å². The first-order valence-corrected chi connectivity index (χ1v) is 11.9. The average molecular weight is 449 g/mol. The van der Waals surface area contributed by atoms with Crippen LogP contribution < -0.4 is 0 Å². The highest BCUT2D eigenvalue weighted by Gasteiger charge is 2.48. The van der Waals surface area contributed by atoms with Crippen LogP contribution in [0.5, 0.6) is 0 Å². The zero-order valence-electron chi connectivity index (χ0n) is 18.8. The maximum atomic E-state index is 11.6. The third kappa shape index (κ3) is 3.07. The van der Waals surface area contributed by atoms with Crippen LogP contribution in [0.3, 0.4) is 0 Å². The van der Waals surface area contributed by atoms with Crippen LogP contribution >= 0.6 is 0 Å². The highest BCUT2D eigenvalue weighted by molar-refractivity contribution is 5.80. The highest BCUT2D eigenvalue weighted by Crippen LogP contribution is 2.53. The lowest BCUT2D eigenvalue weighted by molar-refractivity contribution is -0.120. The van der Waals surface area contributed by atoms with Crippen LogP contribution in [0.25, 0.3) is 27.8 Å². The van der Waals surface area contributed by atoms with Gasteiger partial charge in [-0.15, -0.1) is 0 Å². The Morgan fingerprint density at radius 3 is 2.59 bits per heavy atom. The smallest absolute Gasteiger partial charge is 0.233 e. The highest BCUT2D eigenvalue weighted by atomic mass is 16.1. The molecule has 0 atom stereocenters. The van der Waals surface area contributed by atoms with E-state index in [1.165, 1.54) is 11.3 Å². The summed E-state index contributed by atoms with van der Waals surface area (Å²) in [6.07, 6.45) is 17.0. The molecule has 4 aromatic heterocycles. The number of hydrogen-bond donors (Lipinski definition) is 0. The number of hydrogen-bond acceptors (Lipinski definition) is 5. The van der Waals surface area contributed by atoms with Crippen molar-refractivity contribution in [3.05, 3.63) is 78.8 Å². The molecule has 168 valence electrons. The van der Waals surface area contributed by atoms with Gasteiger partial charge in [-0.1, -0.05) is 12.1 Å². The van der Waals surface area contributed by atoms with Gasteiger partial charge in [0.15, 0.2) is 0 Å². The fourth-order valence-corrected chi connectivity index (χ4v) is 5.44. The summed E-state index contributed by atoms with van der Waals surface area (Å²) < 4.78 is 4.17. The molecule has 0 bridgehead atoms. The second kappa shape index (κ2) is 7.32. The summed E-state index contributed by atoms with van der Waals surface area (Å²) in [5, 5.41) is 5.78. The number of fused-ring (bicyclic) bond motifs is 2. The number of benzene rings is 1. The lowest BCUT2D eigenvalue weighted by Gasteiger charge is -2.21. The third-order valence-electron chi connectivity index (χ3n) is 7.58. The van der Waals surface area contributed by atoms with Gasteiger partial charge < -0.3 is 0 Å². The Bertz CT molecular complexity index is 1550. The molecule has 34 heavy (non-hydrogen) atoms. The molecule has 0 N–H and O–H groups in total. The average Bonchev–Trinajstić information content (AvgIpc) is 3.33. The van der Waals surface area contributed by atoms with Crippen LogP contribution in [0, 0.1) is 0 Å². The Hall–Kier alpha value is -3.87. The number of carbonyl (C=O) groups excluding carboxylic acids is 1. The van der Waals surface area contributed by atoms with Gasteiger partial charge in [-0.3, -0.25) is 18.9 Å². The third-order valence-corrected chi connectivity index (χ3v) is 7.58.